The van der Waals surface area contributed by atoms with Crippen LogP contribution in [-0.2, 0) is 11.2 Å². The van der Waals surface area contributed by atoms with Gasteiger partial charge in [0.25, 0.3) is 0 Å². The van der Waals surface area contributed by atoms with Gasteiger partial charge >= 0.3 is 5.69 Å². The number of aromatic nitrogens is 1. The molecule has 0 aliphatic rings. The number of hydrogen-bond donors (Lipinski definition) is 1. The van der Waals surface area contributed by atoms with Gasteiger partial charge in [-0.1, -0.05) is 55.8 Å². The highest BCUT2D eigenvalue weighted by Gasteiger charge is 2.35. The van der Waals surface area contributed by atoms with Crippen LogP contribution in [0.3, 0.4) is 0 Å². The number of ether oxygens (including phenoxy) is 1. The van der Waals surface area contributed by atoms with Gasteiger partial charge in [-0.3, -0.25) is 10.1 Å². The molecule has 1 N–H and O–H groups in total. The molecule has 6 nitrogen and oxygen atoms in total. The number of rotatable bonds is 9. The third-order valence-corrected chi connectivity index (χ3v) is 5.49. The largest absolute Gasteiger partial charge is 0.483 e. The van der Waals surface area contributed by atoms with E-state index in [1.807, 2.05) is 33.0 Å². The quantitative estimate of drug-likeness (QED) is 0.345. The zero-order valence-electron chi connectivity index (χ0n) is 18.3. The van der Waals surface area contributed by atoms with Crippen LogP contribution in [0.1, 0.15) is 38.4 Å². The van der Waals surface area contributed by atoms with E-state index in [4.69, 9.17) is 4.74 Å². The molecule has 0 aliphatic carbocycles. The zero-order chi connectivity index (χ0) is 22.6. The number of para-hydroxylation sites is 2. The van der Waals surface area contributed by atoms with Crippen LogP contribution in [0.2, 0.25) is 0 Å². The molecular weight excluding hydrogens is 392 g/mol. The van der Waals surface area contributed by atoms with Gasteiger partial charge in [0.2, 0.25) is 0 Å². The Morgan fingerprint density at radius 1 is 1.13 bits per heavy atom. The summed E-state index contributed by atoms with van der Waals surface area (Å²) in [6.07, 6.45) is 2.20. The average molecular weight is 421 g/mol. The third-order valence-electron chi connectivity index (χ3n) is 5.49. The minimum Gasteiger partial charge on any atom is -0.483 e. The second-order valence-electron chi connectivity index (χ2n) is 8.64. The molecule has 0 spiro atoms. The summed E-state index contributed by atoms with van der Waals surface area (Å²) >= 11 is 0. The predicted octanol–water partition coefficient (Wildman–Crippen LogP) is 5.89. The fraction of sp³-hybridized carbons (Fsp3) is 0.320. The Kier molecular flexibility index (Phi) is 6.59. The molecule has 1 aromatic heterocycles. The molecule has 31 heavy (non-hydrogen) atoms. The lowest BCUT2D eigenvalue weighted by Gasteiger charge is -2.34. The van der Waals surface area contributed by atoms with Gasteiger partial charge in [0.15, 0.2) is 5.75 Å². The van der Waals surface area contributed by atoms with E-state index < -0.39 is 16.4 Å². The lowest BCUT2D eigenvalue weighted by molar-refractivity contribution is -0.386. The molecule has 0 radical (unpaired) electrons. The third kappa shape index (κ3) is 5.40. The maximum atomic E-state index is 11.9. The summed E-state index contributed by atoms with van der Waals surface area (Å²) in [5.74, 6) is 0.254. The Bertz CT molecular complexity index is 1070. The van der Waals surface area contributed by atoms with Crippen molar-refractivity contribution >= 4 is 11.5 Å². The molecular formula is C25H28N2O4. The zero-order valence-corrected chi connectivity index (χ0v) is 18.3. The molecule has 1 heterocycles. The molecule has 1 atom stereocenters. The number of nitrogens with one attached hydrogen (secondary N) is 1. The molecule has 2 aromatic carbocycles. The molecule has 0 fully saturated rings. The molecule has 6 heteroatoms. The summed E-state index contributed by atoms with van der Waals surface area (Å²) in [6.45, 7) is 7.52. The highest BCUT2D eigenvalue weighted by molar-refractivity contribution is 5.76. The number of H-pyrrole nitrogens is 1. The highest BCUT2D eigenvalue weighted by atomic mass is 16.6. The van der Waals surface area contributed by atoms with E-state index >= 15 is 0 Å². The van der Waals surface area contributed by atoms with Crippen molar-refractivity contribution < 1.29 is 14.5 Å². The van der Waals surface area contributed by atoms with E-state index in [9.17, 15) is 14.9 Å². The maximum Gasteiger partial charge on any atom is 0.310 e. The first-order chi connectivity index (χ1) is 14.7. The summed E-state index contributed by atoms with van der Waals surface area (Å²) in [7, 11) is 0. The number of aryl methyl sites for hydroxylation is 1. The lowest BCUT2D eigenvalue weighted by atomic mass is 9.79. The monoisotopic (exact) mass is 420 g/mol. The van der Waals surface area contributed by atoms with Gasteiger partial charge < -0.3 is 14.5 Å². The van der Waals surface area contributed by atoms with Gasteiger partial charge in [-0.15, -0.1) is 0 Å². The number of carbonyl (C=O) groups is 1. The van der Waals surface area contributed by atoms with Gasteiger partial charge in [-0.05, 0) is 31.5 Å². The van der Waals surface area contributed by atoms with Crippen LogP contribution in [0, 0.1) is 22.5 Å². The Hall–Kier alpha value is -3.41. The number of carbonyl (C=O) groups excluding carboxylic acids is 1. The van der Waals surface area contributed by atoms with E-state index in [1.165, 1.54) is 11.6 Å². The van der Waals surface area contributed by atoms with Crippen LogP contribution in [-0.4, -0.2) is 21.8 Å². The van der Waals surface area contributed by atoms with Gasteiger partial charge in [0.05, 0.1) is 4.92 Å². The maximum absolute atomic E-state index is 11.9. The summed E-state index contributed by atoms with van der Waals surface area (Å²) < 4.78 is 6.24. The topological polar surface area (TPSA) is 85.2 Å². The van der Waals surface area contributed by atoms with Crippen LogP contribution in [0.15, 0.2) is 60.8 Å². The van der Waals surface area contributed by atoms with Crippen molar-refractivity contribution in [2.45, 2.75) is 46.6 Å². The number of ketones is 1. The number of nitrogens with zero attached hydrogens (tertiary/aromatic N) is 1. The van der Waals surface area contributed by atoms with Gasteiger partial charge in [-0.2, -0.15) is 0 Å². The number of benzene rings is 2. The fourth-order valence-electron chi connectivity index (χ4n) is 3.86. The molecule has 3 aromatic rings. The van der Waals surface area contributed by atoms with Crippen LogP contribution >= 0.6 is 0 Å². The number of aromatic amines is 1. The second kappa shape index (κ2) is 9.16. The van der Waals surface area contributed by atoms with E-state index in [-0.39, 0.29) is 17.2 Å². The highest BCUT2D eigenvalue weighted by Crippen LogP contribution is 2.36. The van der Waals surface area contributed by atoms with Crippen LogP contribution in [0.4, 0.5) is 5.69 Å². The lowest BCUT2D eigenvalue weighted by Crippen LogP contribution is -2.38. The van der Waals surface area contributed by atoms with E-state index in [0.717, 1.165) is 16.8 Å². The van der Waals surface area contributed by atoms with Gasteiger partial charge in [0.1, 0.15) is 11.9 Å². The number of hydrogen-bond acceptors (Lipinski definition) is 4. The summed E-state index contributed by atoms with van der Waals surface area (Å²) in [5.41, 5.74) is 3.65. The molecule has 1 unspecified atom stereocenters. The van der Waals surface area contributed by atoms with Crippen molar-refractivity contribution in [1.82, 2.24) is 4.98 Å². The van der Waals surface area contributed by atoms with Gasteiger partial charge in [-0.25, -0.2) is 0 Å². The van der Waals surface area contributed by atoms with Crippen molar-refractivity contribution in [2.24, 2.45) is 5.41 Å². The van der Waals surface area contributed by atoms with E-state index in [1.54, 1.807) is 25.1 Å². The summed E-state index contributed by atoms with van der Waals surface area (Å²) in [6, 6.07) is 16.6. The Labute approximate surface area is 182 Å². The molecule has 0 saturated heterocycles. The minimum atomic E-state index is -0.537. The van der Waals surface area contributed by atoms with Crippen LogP contribution in [0.5, 0.6) is 5.75 Å². The van der Waals surface area contributed by atoms with Crippen LogP contribution in [0.25, 0.3) is 11.1 Å². The number of nitro groups is 1. The van der Waals surface area contributed by atoms with Crippen molar-refractivity contribution in [1.29, 1.82) is 0 Å². The molecule has 0 saturated carbocycles. The molecule has 0 bridgehead atoms. The van der Waals surface area contributed by atoms with Crippen molar-refractivity contribution in [3.63, 3.8) is 0 Å². The summed E-state index contributed by atoms with van der Waals surface area (Å²) in [5, 5.41) is 11.5. The predicted molar refractivity (Wildman–Crippen MR) is 121 cm³/mol. The van der Waals surface area contributed by atoms with Crippen molar-refractivity contribution in [3.8, 4) is 16.9 Å². The van der Waals surface area contributed by atoms with Crippen molar-refractivity contribution in [2.75, 3.05) is 0 Å². The van der Waals surface area contributed by atoms with Gasteiger partial charge in [0, 0.05) is 41.8 Å². The molecule has 162 valence electrons. The SMILES string of the molecule is CC(=O)CC(C)(C)C(Cc1[nH]ccc1-c1ccc(C)cc1)Oc1ccccc1[N+](=O)[O-]. The number of nitro benzene ring substituents is 1. The van der Waals surface area contributed by atoms with Crippen LogP contribution < -0.4 is 4.74 Å². The van der Waals surface area contributed by atoms with E-state index in [0.29, 0.717) is 12.8 Å². The fourth-order valence-corrected chi connectivity index (χ4v) is 3.86. The number of Topliss-reactive ketones (excluding diaryl/α,β-unsaturated/α-hetero) is 1. The smallest absolute Gasteiger partial charge is 0.310 e. The molecule has 0 aliphatic heterocycles. The minimum absolute atomic E-state index is 0.0476. The standard InChI is InChI=1S/C25H28N2O4/c1-17-9-11-19(12-10-17)20-13-14-26-21(20)15-24(25(3,4)16-18(2)28)31-23-8-6-5-7-22(23)27(29)30/h5-14,24,26H,15-16H2,1-4H3. The Morgan fingerprint density at radius 3 is 2.45 bits per heavy atom. The first-order valence-electron chi connectivity index (χ1n) is 10.3. The Balaban J connectivity index is 1.97. The van der Waals surface area contributed by atoms with Crippen molar-refractivity contribution in [3.05, 3.63) is 82.2 Å². The molecule has 3 rings (SSSR count). The first kappa shape index (κ1) is 22.3. The second-order valence-corrected chi connectivity index (χ2v) is 8.64. The van der Waals surface area contributed by atoms with E-state index in [2.05, 4.69) is 29.2 Å². The first-order valence-corrected chi connectivity index (χ1v) is 10.3. The average Bonchev–Trinajstić information content (AvgIpc) is 3.15. The Morgan fingerprint density at radius 2 is 1.81 bits per heavy atom. The summed E-state index contributed by atoms with van der Waals surface area (Å²) in [4.78, 5) is 26.3. The molecule has 0 amide bonds. The normalized spacial score (nSPS) is 12.4.